The number of rotatable bonds is 2. The quantitative estimate of drug-likeness (QED) is 0.700. The number of piperazine rings is 1. The van der Waals surface area contributed by atoms with Crippen LogP contribution in [0, 0.1) is 0 Å². The fourth-order valence-corrected chi connectivity index (χ4v) is 2.41. The summed E-state index contributed by atoms with van der Waals surface area (Å²) in [4.78, 5) is 5.01. The molecule has 0 spiro atoms. The summed E-state index contributed by atoms with van der Waals surface area (Å²) in [5.41, 5.74) is 6.32. The van der Waals surface area contributed by atoms with Crippen LogP contribution in [0.15, 0.2) is 0 Å². The molecule has 0 aromatic carbocycles. The third-order valence-electron chi connectivity index (χ3n) is 3.87. The van der Waals surface area contributed by atoms with E-state index in [0.717, 1.165) is 6.54 Å². The van der Waals surface area contributed by atoms with Gasteiger partial charge in [0.15, 0.2) is 0 Å². The van der Waals surface area contributed by atoms with E-state index in [2.05, 4.69) is 30.7 Å². The van der Waals surface area contributed by atoms with Crippen molar-refractivity contribution in [3.8, 4) is 0 Å². The first kappa shape index (κ1) is 10.4. The van der Waals surface area contributed by atoms with Crippen LogP contribution in [0.4, 0.5) is 0 Å². The summed E-state index contributed by atoms with van der Waals surface area (Å²) in [6.45, 7) is 8.08. The van der Waals surface area contributed by atoms with E-state index in [1.54, 1.807) is 0 Å². The van der Waals surface area contributed by atoms with Gasteiger partial charge < -0.3 is 5.73 Å². The molecule has 0 bridgehead atoms. The molecule has 1 saturated carbocycles. The van der Waals surface area contributed by atoms with Gasteiger partial charge in [-0.2, -0.15) is 0 Å². The second-order valence-corrected chi connectivity index (χ2v) is 5.42. The number of likely N-dealkylation sites (N-methyl/N-ethyl adjacent to an activating group) is 1. The zero-order valence-corrected chi connectivity index (χ0v) is 9.66. The van der Waals surface area contributed by atoms with Gasteiger partial charge in [-0.3, -0.25) is 9.80 Å². The van der Waals surface area contributed by atoms with Gasteiger partial charge in [-0.25, -0.2) is 0 Å². The average Bonchev–Trinajstić information content (AvgIpc) is 2.79. The average molecular weight is 197 g/mol. The van der Waals surface area contributed by atoms with E-state index in [4.69, 9.17) is 5.73 Å². The highest BCUT2D eigenvalue weighted by Gasteiger charge is 2.41. The molecule has 2 atom stereocenters. The van der Waals surface area contributed by atoms with Gasteiger partial charge in [0.25, 0.3) is 0 Å². The molecule has 14 heavy (non-hydrogen) atoms. The van der Waals surface area contributed by atoms with Crippen LogP contribution in [0.5, 0.6) is 0 Å². The zero-order valence-electron chi connectivity index (χ0n) is 9.66. The van der Waals surface area contributed by atoms with Gasteiger partial charge in [-0.15, -0.1) is 0 Å². The predicted octanol–water partition coefficient (Wildman–Crippen LogP) is 0.502. The van der Waals surface area contributed by atoms with E-state index in [9.17, 15) is 0 Å². The molecular formula is C11H23N3. The zero-order chi connectivity index (χ0) is 10.3. The summed E-state index contributed by atoms with van der Waals surface area (Å²) in [5.74, 6) is 0. The number of hydrogen-bond acceptors (Lipinski definition) is 3. The molecule has 3 nitrogen and oxygen atoms in total. The monoisotopic (exact) mass is 197 g/mol. The van der Waals surface area contributed by atoms with Crippen LogP contribution in [0.1, 0.15) is 26.7 Å². The summed E-state index contributed by atoms with van der Waals surface area (Å²) in [7, 11) is 2.22. The summed E-state index contributed by atoms with van der Waals surface area (Å²) < 4.78 is 0. The molecule has 1 heterocycles. The first-order valence-electron chi connectivity index (χ1n) is 5.73. The lowest BCUT2D eigenvalue weighted by molar-refractivity contribution is 0.0551. The predicted molar refractivity (Wildman–Crippen MR) is 59.3 cm³/mol. The van der Waals surface area contributed by atoms with Crippen molar-refractivity contribution in [1.29, 1.82) is 0 Å². The minimum Gasteiger partial charge on any atom is -0.324 e. The van der Waals surface area contributed by atoms with Crippen LogP contribution in [-0.4, -0.2) is 54.1 Å². The van der Waals surface area contributed by atoms with Gasteiger partial charge in [0.1, 0.15) is 0 Å². The molecule has 2 aliphatic rings. The lowest BCUT2D eigenvalue weighted by Crippen LogP contribution is -2.57. The highest BCUT2D eigenvalue weighted by atomic mass is 15.3. The van der Waals surface area contributed by atoms with Gasteiger partial charge in [0.05, 0.1) is 0 Å². The van der Waals surface area contributed by atoms with E-state index < -0.39 is 0 Å². The van der Waals surface area contributed by atoms with E-state index in [1.807, 2.05) is 0 Å². The van der Waals surface area contributed by atoms with Gasteiger partial charge >= 0.3 is 0 Å². The lowest BCUT2D eigenvalue weighted by Gasteiger charge is -2.43. The van der Waals surface area contributed by atoms with E-state index in [1.165, 1.54) is 25.9 Å². The number of hydrogen-bond donors (Lipinski definition) is 1. The fourth-order valence-electron chi connectivity index (χ4n) is 2.41. The molecule has 1 aliphatic carbocycles. The Balaban J connectivity index is 1.88. The molecule has 0 radical (unpaired) electrons. The molecule has 0 amide bonds. The van der Waals surface area contributed by atoms with Gasteiger partial charge in [-0.05, 0) is 33.7 Å². The highest BCUT2D eigenvalue weighted by molar-refractivity contribution is 5.02. The Kier molecular flexibility index (Phi) is 2.58. The van der Waals surface area contributed by atoms with Crippen LogP contribution in [0.25, 0.3) is 0 Å². The second-order valence-electron chi connectivity index (χ2n) is 5.42. The van der Waals surface area contributed by atoms with E-state index in [-0.39, 0.29) is 5.54 Å². The van der Waals surface area contributed by atoms with Crippen molar-refractivity contribution in [2.24, 2.45) is 5.73 Å². The summed E-state index contributed by atoms with van der Waals surface area (Å²) in [6, 6.07) is 1.34. The molecule has 1 saturated heterocycles. The van der Waals surface area contributed by atoms with E-state index >= 15 is 0 Å². The molecular weight excluding hydrogens is 174 g/mol. The SMILES string of the molecule is CC1CN(CC2(N)CC2)CC(C)N1C. The number of nitrogens with two attached hydrogens (primary N) is 1. The maximum Gasteiger partial charge on any atom is 0.0284 e. The van der Waals surface area contributed by atoms with Crippen molar-refractivity contribution in [3.63, 3.8) is 0 Å². The maximum atomic E-state index is 6.15. The standard InChI is InChI=1S/C11H23N3/c1-9-6-14(7-10(2)13(9)3)8-11(12)4-5-11/h9-10H,4-8,12H2,1-3H3. The van der Waals surface area contributed by atoms with Crippen molar-refractivity contribution in [1.82, 2.24) is 9.80 Å². The molecule has 2 rings (SSSR count). The van der Waals surface area contributed by atoms with Crippen LogP contribution in [0.2, 0.25) is 0 Å². The van der Waals surface area contributed by atoms with Crippen molar-refractivity contribution < 1.29 is 0 Å². The van der Waals surface area contributed by atoms with Crippen LogP contribution >= 0.6 is 0 Å². The normalized spacial score (nSPS) is 38.6. The Morgan fingerprint density at radius 3 is 2.14 bits per heavy atom. The molecule has 1 aliphatic heterocycles. The Morgan fingerprint density at radius 1 is 1.21 bits per heavy atom. The topological polar surface area (TPSA) is 32.5 Å². The summed E-state index contributed by atoms with van der Waals surface area (Å²) in [6.07, 6.45) is 2.45. The minimum atomic E-state index is 0.176. The molecule has 2 fully saturated rings. The maximum absolute atomic E-state index is 6.15. The fraction of sp³-hybridized carbons (Fsp3) is 1.00. The van der Waals surface area contributed by atoms with Crippen LogP contribution in [0.3, 0.4) is 0 Å². The molecule has 2 N–H and O–H groups in total. The van der Waals surface area contributed by atoms with Crippen LogP contribution in [-0.2, 0) is 0 Å². The molecule has 0 aromatic rings. The first-order chi connectivity index (χ1) is 6.50. The Morgan fingerprint density at radius 2 is 1.71 bits per heavy atom. The lowest BCUT2D eigenvalue weighted by atomic mass is 10.1. The first-order valence-corrected chi connectivity index (χ1v) is 5.73. The molecule has 0 aromatic heterocycles. The second kappa shape index (κ2) is 3.47. The smallest absolute Gasteiger partial charge is 0.0284 e. The largest absolute Gasteiger partial charge is 0.324 e. The van der Waals surface area contributed by atoms with Crippen molar-refractivity contribution >= 4 is 0 Å². The number of nitrogens with zero attached hydrogens (tertiary/aromatic N) is 2. The molecule has 82 valence electrons. The summed E-state index contributed by atoms with van der Waals surface area (Å²) >= 11 is 0. The van der Waals surface area contributed by atoms with Crippen molar-refractivity contribution in [2.45, 2.75) is 44.3 Å². The summed E-state index contributed by atoms with van der Waals surface area (Å²) in [5, 5.41) is 0. The molecule has 3 heteroatoms. The van der Waals surface area contributed by atoms with Crippen LogP contribution < -0.4 is 5.73 Å². The van der Waals surface area contributed by atoms with Gasteiger partial charge in [-0.1, -0.05) is 0 Å². The minimum absolute atomic E-state index is 0.176. The highest BCUT2D eigenvalue weighted by Crippen LogP contribution is 2.33. The van der Waals surface area contributed by atoms with Gasteiger partial charge in [0, 0.05) is 37.3 Å². The Labute approximate surface area is 87.2 Å². The Bertz CT molecular complexity index is 201. The third-order valence-corrected chi connectivity index (χ3v) is 3.87. The van der Waals surface area contributed by atoms with Gasteiger partial charge in [0.2, 0.25) is 0 Å². The molecule has 2 unspecified atom stereocenters. The third kappa shape index (κ3) is 2.10. The van der Waals surface area contributed by atoms with Crippen molar-refractivity contribution in [3.05, 3.63) is 0 Å². The Hall–Kier alpha value is -0.120. The van der Waals surface area contributed by atoms with E-state index in [0.29, 0.717) is 12.1 Å². The van der Waals surface area contributed by atoms with Crippen molar-refractivity contribution in [2.75, 3.05) is 26.7 Å².